The van der Waals surface area contributed by atoms with E-state index in [1.807, 2.05) is 26.0 Å². The van der Waals surface area contributed by atoms with Gasteiger partial charge in [0.05, 0.1) is 11.8 Å². The minimum absolute atomic E-state index is 0.113. The Kier molecular flexibility index (Phi) is 5.62. The normalized spacial score (nSPS) is 12.2. The fraction of sp³-hybridized carbons (Fsp3) is 0.353. The predicted octanol–water partition coefficient (Wildman–Crippen LogP) is 4.67. The van der Waals surface area contributed by atoms with Crippen LogP contribution >= 0.6 is 15.9 Å². The SMILES string of the molecule is CC(Cc1ccc(Br)cc1)Nc1cccnc1OC(C)C. The van der Waals surface area contributed by atoms with Gasteiger partial charge >= 0.3 is 0 Å². The van der Waals surface area contributed by atoms with Crippen LogP contribution in [0.25, 0.3) is 0 Å². The molecule has 0 aliphatic rings. The fourth-order valence-electron chi connectivity index (χ4n) is 2.11. The number of ether oxygens (including phenoxy) is 1. The predicted molar refractivity (Wildman–Crippen MR) is 90.9 cm³/mol. The molecular weight excluding hydrogens is 328 g/mol. The van der Waals surface area contributed by atoms with Gasteiger partial charge in [0.25, 0.3) is 0 Å². The molecule has 0 aliphatic carbocycles. The van der Waals surface area contributed by atoms with Crippen molar-refractivity contribution in [2.45, 2.75) is 39.3 Å². The second kappa shape index (κ2) is 7.46. The number of pyridine rings is 1. The molecule has 0 saturated carbocycles. The Morgan fingerprint density at radius 3 is 2.52 bits per heavy atom. The van der Waals surface area contributed by atoms with Crippen LogP contribution in [0.4, 0.5) is 5.69 Å². The summed E-state index contributed by atoms with van der Waals surface area (Å²) in [6, 6.07) is 12.6. The van der Waals surface area contributed by atoms with Crippen LogP contribution in [0.15, 0.2) is 47.1 Å². The first-order valence-corrected chi connectivity index (χ1v) is 7.96. The number of halogens is 1. The molecule has 1 atom stereocenters. The maximum Gasteiger partial charge on any atom is 0.237 e. The minimum atomic E-state index is 0.113. The van der Waals surface area contributed by atoms with Crippen molar-refractivity contribution in [1.82, 2.24) is 4.98 Å². The summed E-state index contributed by atoms with van der Waals surface area (Å²) in [4.78, 5) is 4.30. The Morgan fingerprint density at radius 1 is 1.14 bits per heavy atom. The second-order valence-corrected chi connectivity index (χ2v) is 6.31. The van der Waals surface area contributed by atoms with Crippen molar-refractivity contribution in [3.8, 4) is 5.88 Å². The Balaban J connectivity index is 2.02. The summed E-state index contributed by atoms with van der Waals surface area (Å²) in [5.74, 6) is 0.662. The molecular formula is C17H21BrN2O. The molecule has 0 aliphatic heterocycles. The maximum atomic E-state index is 5.73. The van der Waals surface area contributed by atoms with Crippen LogP contribution in [0, 0.1) is 0 Å². The summed E-state index contributed by atoms with van der Waals surface area (Å²) in [6.45, 7) is 6.17. The topological polar surface area (TPSA) is 34.2 Å². The molecule has 0 radical (unpaired) electrons. The van der Waals surface area contributed by atoms with Crippen LogP contribution in [0.1, 0.15) is 26.3 Å². The number of hydrogen-bond donors (Lipinski definition) is 1. The van der Waals surface area contributed by atoms with Gasteiger partial charge in [-0.15, -0.1) is 0 Å². The second-order valence-electron chi connectivity index (χ2n) is 5.40. The lowest BCUT2D eigenvalue weighted by molar-refractivity contribution is 0.234. The molecule has 2 aromatic rings. The van der Waals surface area contributed by atoms with Crippen molar-refractivity contribution in [1.29, 1.82) is 0 Å². The van der Waals surface area contributed by atoms with Gasteiger partial charge in [-0.25, -0.2) is 4.98 Å². The molecule has 3 nitrogen and oxygen atoms in total. The molecule has 0 fully saturated rings. The van der Waals surface area contributed by atoms with E-state index in [-0.39, 0.29) is 6.10 Å². The van der Waals surface area contributed by atoms with Gasteiger partial charge in [0.1, 0.15) is 0 Å². The third-order valence-electron chi connectivity index (χ3n) is 2.98. The number of anilines is 1. The van der Waals surface area contributed by atoms with Gasteiger partial charge in [0.15, 0.2) is 0 Å². The van der Waals surface area contributed by atoms with E-state index in [1.54, 1.807) is 6.20 Å². The number of rotatable bonds is 6. The van der Waals surface area contributed by atoms with E-state index in [4.69, 9.17) is 4.74 Å². The maximum absolute atomic E-state index is 5.73. The summed E-state index contributed by atoms with van der Waals surface area (Å²) in [7, 11) is 0. The number of benzene rings is 1. The molecule has 112 valence electrons. The van der Waals surface area contributed by atoms with Crippen molar-refractivity contribution in [3.63, 3.8) is 0 Å². The highest BCUT2D eigenvalue weighted by Crippen LogP contribution is 2.23. The molecule has 1 heterocycles. The molecule has 1 aromatic heterocycles. The Bertz CT molecular complexity index is 569. The van der Waals surface area contributed by atoms with Crippen LogP contribution in [-0.2, 0) is 6.42 Å². The quantitative estimate of drug-likeness (QED) is 0.823. The Morgan fingerprint density at radius 2 is 1.86 bits per heavy atom. The molecule has 0 bridgehead atoms. The lowest BCUT2D eigenvalue weighted by atomic mass is 10.1. The monoisotopic (exact) mass is 348 g/mol. The van der Waals surface area contributed by atoms with E-state index in [9.17, 15) is 0 Å². The largest absolute Gasteiger partial charge is 0.473 e. The van der Waals surface area contributed by atoms with Crippen molar-refractivity contribution in [3.05, 3.63) is 52.6 Å². The van der Waals surface area contributed by atoms with Gasteiger partial charge in [0, 0.05) is 16.7 Å². The van der Waals surface area contributed by atoms with Crippen molar-refractivity contribution < 1.29 is 4.74 Å². The van der Waals surface area contributed by atoms with Gasteiger partial charge in [-0.2, -0.15) is 0 Å². The first kappa shape index (κ1) is 15.8. The first-order chi connectivity index (χ1) is 10.0. The van der Waals surface area contributed by atoms with E-state index in [2.05, 4.69) is 57.4 Å². The molecule has 21 heavy (non-hydrogen) atoms. The van der Waals surface area contributed by atoms with E-state index >= 15 is 0 Å². The number of aromatic nitrogens is 1. The number of nitrogens with one attached hydrogen (secondary N) is 1. The highest BCUT2D eigenvalue weighted by Gasteiger charge is 2.10. The van der Waals surface area contributed by atoms with Gasteiger partial charge in [-0.1, -0.05) is 28.1 Å². The first-order valence-electron chi connectivity index (χ1n) is 7.17. The Labute approximate surface area is 134 Å². The van der Waals surface area contributed by atoms with Gasteiger partial charge in [0.2, 0.25) is 5.88 Å². The smallest absolute Gasteiger partial charge is 0.237 e. The zero-order valence-corrected chi connectivity index (χ0v) is 14.2. The van der Waals surface area contributed by atoms with E-state index in [0.29, 0.717) is 11.9 Å². The number of nitrogens with zero attached hydrogens (tertiary/aromatic N) is 1. The van der Waals surface area contributed by atoms with Crippen LogP contribution < -0.4 is 10.1 Å². The lowest BCUT2D eigenvalue weighted by Gasteiger charge is -2.18. The lowest BCUT2D eigenvalue weighted by Crippen LogP contribution is -2.19. The minimum Gasteiger partial charge on any atom is -0.473 e. The molecule has 4 heteroatoms. The zero-order chi connectivity index (χ0) is 15.2. The molecule has 1 N–H and O–H groups in total. The van der Waals surface area contributed by atoms with E-state index in [1.165, 1.54) is 5.56 Å². The van der Waals surface area contributed by atoms with Crippen molar-refractivity contribution in [2.24, 2.45) is 0 Å². The third kappa shape index (κ3) is 5.05. The number of hydrogen-bond acceptors (Lipinski definition) is 3. The summed E-state index contributed by atoms with van der Waals surface area (Å²) >= 11 is 3.46. The summed E-state index contributed by atoms with van der Waals surface area (Å²) < 4.78 is 6.84. The summed E-state index contributed by atoms with van der Waals surface area (Å²) in [6.07, 6.45) is 2.81. The van der Waals surface area contributed by atoms with Crippen molar-refractivity contribution >= 4 is 21.6 Å². The van der Waals surface area contributed by atoms with Gasteiger partial charge in [-0.3, -0.25) is 0 Å². The fourth-order valence-corrected chi connectivity index (χ4v) is 2.37. The van der Waals surface area contributed by atoms with E-state index < -0.39 is 0 Å². The summed E-state index contributed by atoms with van der Waals surface area (Å²) in [5.41, 5.74) is 2.24. The molecule has 1 aromatic carbocycles. The zero-order valence-electron chi connectivity index (χ0n) is 12.6. The Hall–Kier alpha value is -1.55. The average Bonchev–Trinajstić information content (AvgIpc) is 2.43. The van der Waals surface area contributed by atoms with Crippen LogP contribution in [0.2, 0.25) is 0 Å². The standard InChI is InChI=1S/C17H21BrN2O/c1-12(2)21-17-16(5-4-10-19-17)20-13(3)11-14-6-8-15(18)9-7-14/h4-10,12-13,20H,11H2,1-3H3. The third-order valence-corrected chi connectivity index (χ3v) is 3.50. The van der Waals surface area contributed by atoms with Crippen LogP contribution in [-0.4, -0.2) is 17.1 Å². The van der Waals surface area contributed by atoms with Gasteiger partial charge in [-0.05, 0) is 57.0 Å². The summed E-state index contributed by atoms with van der Waals surface area (Å²) in [5, 5.41) is 3.48. The van der Waals surface area contributed by atoms with E-state index in [0.717, 1.165) is 16.6 Å². The average molecular weight is 349 g/mol. The van der Waals surface area contributed by atoms with Crippen molar-refractivity contribution in [2.75, 3.05) is 5.32 Å². The molecule has 0 amide bonds. The highest BCUT2D eigenvalue weighted by molar-refractivity contribution is 9.10. The molecule has 2 rings (SSSR count). The van der Waals surface area contributed by atoms with Crippen LogP contribution in [0.3, 0.4) is 0 Å². The molecule has 0 spiro atoms. The van der Waals surface area contributed by atoms with Crippen LogP contribution in [0.5, 0.6) is 5.88 Å². The highest BCUT2D eigenvalue weighted by atomic mass is 79.9. The van der Waals surface area contributed by atoms with Gasteiger partial charge < -0.3 is 10.1 Å². The molecule has 1 unspecified atom stereocenters. The molecule has 0 saturated heterocycles.